The fourth-order valence-electron chi connectivity index (χ4n) is 3.46. The zero-order chi connectivity index (χ0) is 16.4. The van der Waals surface area contributed by atoms with Crippen LogP contribution >= 0.6 is 0 Å². The van der Waals surface area contributed by atoms with E-state index < -0.39 is 10.0 Å². The van der Waals surface area contributed by atoms with Crippen LogP contribution in [0, 0.1) is 18.8 Å². The molecule has 124 valence electrons. The number of allylic oxidation sites excluding steroid dienone is 2. The summed E-state index contributed by atoms with van der Waals surface area (Å²) in [5.41, 5.74) is 1.03. The number of Topliss-reactive ketones (excluding diaryl/α,β-unsaturated/α-hetero) is 1. The van der Waals surface area contributed by atoms with Gasteiger partial charge >= 0.3 is 0 Å². The highest BCUT2D eigenvalue weighted by atomic mass is 32.2. The number of fused-ring (bicyclic) bond motifs is 1. The van der Waals surface area contributed by atoms with E-state index in [0.717, 1.165) is 24.8 Å². The maximum atomic E-state index is 12.8. The lowest BCUT2D eigenvalue weighted by Crippen LogP contribution is -2.30. The molecule has 0 saturated carbocycles. The average molecular weight is 333 g/mol. The Labute approximate surface area is 138 Å². The van der Waals surface area contributed by atoms with Crippen molar-refractivity contribution in [3.8, 4) is 0 Å². The molecule has 1 saturated heterocycles. The molecule has 5 heteroatoms. The van der Waals surface area contributed by atoms with Gasteiger partial charge in [0.25, 0.3) is 0 Å². The van der Waals surface area contributed by atoms with E-state index in [1.165, 1.54) is 4.31 Å². The summed E-state index contributed by atoms with van der Waals surface area (Å²) in [6, 6.07) is 6.92. The lowest BCUT2D eigenvalue weighted by Gasteiger charge is -2.16. The second kappa shape index (κ2) is 6.57. The van der Waals surface area contributed by atoms with Gasteiger partial charge in [0.1, 0.15) is 5.78 Å². The quantitative estimate of drug-likeness (QED) is 0.782. The Morgan fingerprint density at radius 3 is 2.57 bits per heavy atom. The SMILES string of the molecule is Cc1ccc(S(=O)(=O)N2C[C@@H]3C/C=C\CCCC(=O)[C@@H]3C2)cc1. The summed E-state index contributed by atoms with van der Waals surface area (Å²) >= 11 is 0. The minimum Gasteiger partial charge on any atom is -0.299 e. The van der Waals surface area contributed by atoms with E-state index in [-0.39, 0.29) is 17.6 Å². The molecule has 1 aromatic carbocycles. The Morgan fingerprint density at radius 1 is 1.09 bits per heavy atom. The number of sulfonamides is 1. The van der Waals surface area contributed by atoms with Crippen molar-refractivity contribution in [3.05, 3.63) is 42.0 Å². The minimum absolute atomic E-state index is 0.108. The Hall–Kier alpha value is -1.46. The van der Waals surface area contributed by atoms with Crippen LogP contribution in [0.3, 0.4) is 0 Å². The second-order valence-electron chi connectivity index (χ2n) is 6.57. The molecular formula is C18H23NO3S. The normalized spacial score (nSPS) is 27.8. The largest absolute Gasteiger partial charge is 0.299 e. The van der Waals surface area contributed by atoms with Crippen LogP contribution in [0.2, 0.25) is 0 Å². The number of ketones is 1. The number of benzene rings is 1. The summed E-state index contributed by atoms with van der Waals surface area (Å²) in [4.78, 5) is 12.7. The zero-order valence-corrected chi connectivity index (χ0v) is 14.3. The topological polar surface area (TPSA) is 54.5 Å². The number of rotatable bonds is 2. The summed E-state index contributed by atoms with van der Waals surface area (Å²) in [7, 11) is -3.51. The molecular weight excluding hydrogens is 310 g/mol. The molecule has 0 bridgehead atoms. The van der Waals surface area contributed by atoms with Crippen LogP contribution in [0.5, 0.6) is 0 Å². The molecule has 1 aromatic rings. The van der Waals surface area contributed by atoms with Crippen LogP contribution in [-0.4, -0.2) is 31.6 Å². The number of hydrogen-bond acceptors (Lipinski definition) is 3. The third-order valence-electron chi connectivity index (χ3n) is 4.88. The maximum absolute atomic E-state index is 12.8. The van der Waals surface area contributed by atoms with Crippen LogP contribution in [-0.2, 0) is 14.8 Å². The first-order valence-corrected chi connectivity index (χ1v) is 9.67. The second-order valence-corrected chi connectivity index (χ2v) is 8.51. The van der Waals surface area contributed by atoms with Crippen LogP contribution < -0.4 is 0 Å². The summed E-state index contributed by atoms with van der Waals surface area (Å²) < 4.78 is 27.2. The van der Waals surface area contributed by atoms with Gasteiger partial charge in [0.15, 0.2) is 0 Å². The zero-order valence-electron chi connectivity index (χ0n) is 13.4. The predicted octanol–water partition coefficient (Wildman–Crippen LogP) is 2.93. The fraction of sp³-hybridized carbons (Fsp3) is 0.500. The Morgan fingerprint density at radius 2 is 1.83 bits per heavy atom. The number of carbonyl (C=O) groups excluding carboxylic acids is 1. The molecule has 2 aliphatic rings. The monoisotopic (exact) mass is 333 g/mol. The first-order chi connectivity index (χ1) is 11.0. The third kappa shape index (κ3) is 3.40. The summed E-state index contributed by atoms with van der Waals surface area (Å²) in [6.07, 6.45) is 7.38. The van der Waals surface area contributed by atoms with E-state index in [4.69, 9.17) is 0 Å². The van der Waals surface area contributed by atoms with Gasteiger partial charge in [-0.05, 0) is 44.2 Å². The van der Waals surface area contributed by atoms with Gasteiger partial charge < -0.3 is 0 Å². The van der Waals surface area contributed by atoms with Gasteiger partial charge in [-0.1, -0.05) is 29.8 Å². The lowest BCUT2D eigenvalue weighted by molar-refractivity contribution is -0.123. The Balaban J connectivity index is 1.84. The molecule has 1 heterocycles. The van der Waals surface area contributed by atoms with E-state index in [1.807, 2.05) is 19.1 Å². The van der Waals surface area contributed by atoms with Crippen molar-refractivity contribution >= 4 is 15.8 Å². The molecule has 4 nitrogen and oxygen atoms in total. The first kappa shape index (κ1) is 16.4. The number of nitrogens with zero attached hydrogens (tertiary/aromatic N) is 1. The highest BCUT2D eigenvalue weighted by Crippen LogP contribution is 2.33. The predicted molar refractivity (Wildman–Crippen MR) is 89.5 cm³/mol. The highest BCUT2D eigenvalue weighted by Gasteiger charge is 2.41. The van der Waals surface area contributed by atoms with Gasteiger partial charge in [-0.2, -0.15) is 4.31 Å². The van der Waals surface area contributed by atoms with Crippen molar-refractivity contribution < 1.29 is 13.2 Å². The van der Waals surface area contributed by atoms with Crippen LogP contribution in [0.15, 0.2) is 41.3 Å². The van der Waals surface area contributed by atoms with Crippen LogP contribution in [0.25, 0.3) is 0 Å². The van der Waals surface area contributed by atoms with Crippen molar-refractivity contribution in [1.82, 2.24) is 4.31 Å². The van der Waals surface area contributed by atoms with Gasteiger partial charge in [0.05, 0.1) is 4.90 Å². The van der Waals surface area contributed by atoms with Crippen molar-refractivity contribution in [2.45, 2.75) is 37.5 Å². The average Bonchev–Trinajstić information content (AvgIpc) is 2.97. The van der Waals surface area contributed by atoms with Gasteiger partial charge in [-0.25, -0.2) is 8.42 Å². The number of hydrogen-bond donors (Lipinski definition) is 0. The fourth-order valence-corrected chi connectivity index (χ4v) is 4.98. The molecule has 1 aliphatic carbocycles. The van der Waals surface area contributed by atoms with Gasteiger partial charge in [0.2, 0.25) is 10.0 Å². The molecule has 0 amide bonds. The standard InChI is InChI=1S/C18H23NO3S/c1-14-8-10-16(11-9-14)23(21,22)19-12-15-6-4-2-3-5-7-18(20)17(15)13-19/h2,4,8-11,15,17H,3,5-7,12-13H2,1H3/b4-2-/t15-,17+/m0/s1. The Kier molecular flexibility index (Phi) is 4.69. The summed E-state index contributed by atoms with van der Waals surface area (Å²) in [5, 5.41) is 0. The smallest absolute Gasteiger partial charge is 0.243 e. The molecule has 0 N–H and O–H groups in total. The highest BCUT2D eigenvalue weighted by molar-refractivity contribution is 7.89. The number of carbonyl (C=O) groups is 1. The Bertz CT molecular complexity index is 706. The summed E-state index contributed by atoms with van der Waals surface area (Å²) in [6.45, 7) is 2.70. The molecule has 3 rings (SSSR count). The molecule has 1 aliphatic heterocycles. The van der Waals surface area contributed by atoms with Crippen LogP contribution in [0.1, 0.15) is 31.2 Å². The molecule has 0 unspecified atom stereocenters. The third-order valence-corrected chi connectivity index (χ3v) is 6.73. The molecule has 23 heavy (non-hydrogen) atoms. The van der Waals surface area contributed by atoms with Crippen LogP contribution in [0.4, 0.5) is 0 Å². The van der Waals surface area contributed by atoms with Gasteiger partial charge in [-0.3, -0.25) is 4.79 Å². The van der Waals surface area contributed by atoms with Crippen molar-refractivity contribution in [1.29, 1.82) is 0 Å². The molecule has 2 atom stereocenters. The van der Waals surface area contributed by atoms with E-state index in [9.17, 15) is 13.2 Å². The van der Waals surface area contributed by atoms with E-state index in [0.29, 0.717) is 24.4 Å². The van der Waals surface area contributed by atoms with Crippen molar-refractivity contribution in [2.75, 3.05) is 13.1 Å². The van der Waals surface area contributed by atoms with Crippen molar-refractivity contribution in [3.63, 3.8) is 0 Å². The van der Waals surface area contributed by atoms with E-state index in [1.54, 1.807) is 12.1 Å². The summed E-state index contributed by atoms with van der Waals surface area (Å²) in [5.74, 6) is 0.176. The minimum atomic E-state index is -3.51. The first-order valence-electron chi connectivity index (χ1n) is 8.23. The molecule has 0 radical (unpaired) electrons. The van der Waals surface area contributed by atoms with Gasteiger partial charge in [0, 0.05) is 25.4 Å². The molecule has 1 fully saturated rings. The number of aryl methyl sites for hydroxylation is 1. The van der Waals surface area contributed by atoms with Gasteiger partial charge in [-0.15, -0.1) is 0 Å². The maximum Gasteiger partial charge on any atom is 0.243 e. The molecule has 0 aromatic heterocycles. The van der Waals surface area contributed by atoms with Crippen molar-refractivity contribution in [2.24, 2.45) is 11.8 Å². The van der Waals surface area contributed by atoms with E-state index >= 15 is 0 Å². The molecule has 0 spiro atoms. The lowest BCUT2D eigenvalue weighted by atomic mass is 9.88. The van der Waals surface area contributed by atoms with E-state index in [2.05, 4.69) is 12.2 Å².